The highest BCUT2D eigenvalue weighted by atomic mass is 79.9. The fraction of sp³-hybridized carbons (Fsp3) is 0.600. The van der Waals surface area contributed by atoms with Crippen LogP contribution in [0.4, 0.5) is 4.79 Å². The molecule has 142 valence electrons. The lowest BCUT2D eigenvalue weighted by molar-refractivity contribution is 0.0497. The SMILES string of the molecule is Cn1c(C(CCC2CC2)NC(=O)OC(C)(C)C)nc2ccc(CBr)cc21. The Balaban J connectivity index is 1.86. The number of hydrogen-bond donors (Lipinski definition) is 1. The monoisotopic (exact) mass is 421 g/mol. The third-order valence-corrected chi connectivity index (χ3v) is 5.34. The summed E-state index contributed by atoms with van der Waals surface area (Å²) in [6, 6.07) is 6.12. The Morgan fingerprint density at radius 1 is 1.42 bits per heavy atom. The zero-order chi connectivity index (χ0) is 18.9. The third-order valence-electron chi connectivity index (χ3n) is 4.70. The second kappa shape index (κ2) is 7.59. The number of carbonyl (C=O) groups is 1. The smallest absolute Gasteiger partial charge is 0.408 e. The van der Waals surface area contributed by atoms with E-state index in [9.17, 15) is 4.79 Å². The van der Waals surface area contributed by atoms with Gasteiger partial charge in [-0.25, -0.2) is 9.78 Å². The number of halogens is 1. The molecule has 5 nitrogen and oxygen atoms in total. The van der Waals surface area contributed by atoms with Crippen molar-refractivity contribution < 1.29 is 9.53 Å². The number of rotatable bonds is 6. The lowest BCUT2D eigenvalue weighted by atomic mass is 10.1. The second-order valence-electron chi connectivity index (χ2n) is 8.21. The van der Waals surface area contributed by atoms with Gasteiger partial charge in [-0.3, -0.25) is 0 Å². The Labute approximate surface area is 163 Å². The summed E-state index contributed by atoms with van der Waals surface area (Å²) in [5.74, 6) is 1.69. The summed E-state index contributed by atoms with van der Waals surface area (Å²) in [7, 11) is 2.02. The average Bonchev–Trinajstić information content (AvgIpc) is 3.33. The standard InChI is InChI=1S/C20H28BrN3O2/c1-20(2,3)26-19(25)23-16(10-7-13-5-6-13)18-22-15-9-8-14(12-21)11-17(15)24(18)4/h8-9,11,13,16H,5-7,10,12H2,1-4H3,(H,23,25). The van der Waals surface area contributed by atoms with Gasteiger partial charge in [0.1, 0.15) is 11.4 Å². The number of benzene rings is 1. The van der Waals surface area contributed by atoms with Crippen molar-refractivity contribution in [2.24, 2.45) is 13.0 Å². The molecule has 1 aliphatic rings. The number of alkyl halides is 1. The summed E-state index contributed by atoms with van der Waals surface area (Å²) < 4.78 is 7.56. The first-order valence-electron chi connectivity index (χ1n) is 9.27. The molecule has 26 heavy (non-hydrogen) atoms. The van der Waals surface area contributed by atoms with Crippen LogP contribution in [0.5, 0.6) is 0 Å². The number of amides is 1. The van der Waals surface area contributed by atoms with Gasteiger partial charge < -0.3 is 14.6 Å². The summed E-state index contributed by atoms with van der Waals surface area (Å²) in [6.07, 6.45) is 4.21. The summed E-state index contributed by atoms with van der Waals surface area (Å²) in [5.41, 5.74) is 2.73. The van der Waals surface area contributed by atoms with Gasteiger partial charge in [-0.15, -0.1) is 0 Å². The molecule has 0 radical (unpaired) electrons. The van der Waals surface area contributed by atoms with Gasteiger partial charge in [0.2, 0.25) is 0 Å². The van der Waals surface area contributed by atoms with E-state index >= 15 is 0 Å². The van der Waals surface area contributed by atoms with E-state index in [4.69, 9.17) is 9.72 Å². The zero-order valence-corrected chi connectivity index (χ0v) is 17.6. The zero-order valence-electron chi connectivity index (χ0n) is 16.0. The molecular weight excluding hydrogens is 394 g/mol. The number of hydrogen-bond acceptors (Lipinski definition) is 3. The molecule has 1 N–H and O–H groups in total. The van der Waals surface area contributed by atoms with Crippen LogP contribution in [0.15, 0.2) is 18.2 Å². The molecule has 1 aromatic carbocycles. The number of nitrogens with one attached hydrogen (secondary N) is 1. The molecule has 1 amide bonds. The third kappa shape index (κ3) is 4.78. The minimum Gasteiger partial charge on any atom is -0.444 e. The molecule has 1 fully saturated rings. The lowest BCUT2D eigenvalue weighted by Crippen LogP contribution is -2.36. The quantitative estimate of drug-likeness (QED) is 0.649. The highest BCUT2D eigenvalue weighted by Crippen LogP contribution is 2.36. The van der Waals surface area contributed by atoms with E-state index in [1.807, 2.05) is 33.9 Å². The first-order chi connectivity index (χ1) is 12.3. The van der Waals surface area contributed by atoms with Crippen LogP contribution in [0, 0.1) is 5.92 Å². The number of aryl methyl sites for hydroxylation is 1. The van der Waals surface area contributed by atoms with E-state index in [1.54, 1.807) is 0 Å². The van der Waals surface area contributed by atoms with Crippen molar-refractivity contribution in [2.75, 3.05) is 0 Å². The maximum Gasteiger partial charge on any atom is 0.408 e. The maximum atomic E-state index is 12.4. The molecular formula is C20H28BrN3O2. The molecule has 0 bridgehead atoms. The summed E-state index contributed by atoms with van der Waals surface area (Å²) in [4.78, 5) is 17.2. The lowest BCUT2D eigenvalue weighted by Gasteiger charge is -2.23. The molecule has 1 saturated carbocycles. The fourth-order valence-electron chi connectivity index (χ4n) is 3.17. The van der Waals surface area contributed by atoms with Crippen molar-refractivity contribution in [2.45, 2.75) is 63.4 Å². The van der Waals surface area contributed by atoms with Crippen molar-refractivity contribution in [3.63, 3.8) is 0 Å². The molecule has 2 aromatic rings. The maximum absolute atomic E-state index is 12.4. The molecule has 1 aliphatic carbocycles. The minimum absolute atomic E-state index is 0.143. The molecule has 1 unspecified atom stereocenters. The van der Waals surface area contributed by atoms with Crippen LogP contribution in [-0.2, 0) is 17.1 Å². The van der Waals surface area contributed by atoms with Gasteiger partial charge in [0, 0.05) is 12.4 Å². The highest BCUT2D eigenvalue weighted by Gasteiger charge is 2.28. The van der Waals surface area contributed by atoms with E-state index in [2.05, 4.69) is 37.9 Å². The van der Waals surface area contributed by atoms with Gasteiger partial charge >= 0.3 is 6.09 Å². The molecule has 0 spiro atoms. The number of nitrogens with zero attached hydrogens (tertiary/aromatic N) is 2. The van der Waals surface area contributed by atoms with Gasteiger partial charge in [-0.2, -0.15) is 0 Å². The number of ether oxygens (including phenoxy) is 1. The second-order valence-corrected chi connectivity index (χ2v) is 8.77. The van der Waals surface area contributed by atoms with Crippen molar-refractivity contribution in [1.29, 1.82) is 0 Å². The summed E-state index contributed by atoms with van der Waals surface area (Å²) >= 11 is 3.51. The Hall–Kier alpha value is -1.56. The van der Waals surface area contributed by atoms with E-state index < -0.39 is 5.60 Å². The van der Waals surface area contributed by atoms with Crippen molar-refractivity contribution in [1.82, 2.24) is 14.9 Å². The number of alkyl carbamates (subject to hydrolysis) is 1. The number of carbonyl (C=O) groups excluding carboxylic acids is 1. The Kier molecular flexibility index (Phi) is 5.61. The van der Waals surface area contributed by atoms with Crippen LogP contribution in [0.3, 0.4) is 0 Å². The Bertz CT molecular complexity index is 790. The predicted molar refractivity (Wildman–Crippen MR) is 107 cm³/mol. The average molecular weight is 422 g/mol. The normalized spacial score (nSPS) is 15.9. The number of imidazole rings is 1. The van der Waals surface area contributed by atoms with Crippen LogP contribution in [-0.4, -0.2) is 21.2 Å². The molecule has 1 heterocycles. The van der Waals surface area contributed by atoms with Crippen molar-refractivity contribution in [3.8, 4) is 0 Å². The van der Waals surface area contributed by atoms with Crippen LogP contribution in [0.2, 0.25) is 0 Å². The van der Waals surface area contributed by atoms with Gasteiger partial charge in [-0.1, -0.05) is 34.8 Å². The largest absolute Gasteiger partial charge is 0.444 e. The van der Waals surface area contributed by atoms with Crippen LogP contribution >= 0.6 is 15.9 Å². The summed E-state index contributed by atoms with van der Waals surface area (Å²) in [6.45, 7) is 5.63. The predicted octanol–water partition coefficient (Wildman–Crippen LogP) is 5.22. The van der Waals surface area contributed by atoms with E-state index in [1.165, 1.54) is 18.4 Å². The summed E-state index contributed by atoms with van der Waals surface area (Å²) in [5, 5.41) is 3.86. The Morgan fingerprint density at radius 3 is 2.77 bits per heavy atom. The van der Waals surface area contributed by atoms with E-state index in [-0.39, 0.29) is 12.1 Å². The van der Waals surface area contributed by atoms with Gasteiger partial charge in [0.15, 0.2) is 0 Å². The molecule has 0 saturated heterocycles. The van der Waals surface area contributed by atoms with Gasteiger partial charge in [0.05, 0.1) is 17.1 Å². The van der Waals surface area contributed by atoms with Crippen molar-refractivity contribution >= 4 is 33.1 Å². The first kappa shape index (κ1) is 19.2. The molecule has 6 heteroatoms. The highest BCUT2D eigenvalue weighted by molar-refractivity contribution is 9.08. The topological polar surface area (TPSA) is 56.2 Å². The van der Waals surface area contributed by atoms with Gasteiger partial charge in [0.25, 0.3) is 0 Å². The van der Waals surface area contributed by atoms with Crippen LogP contribution in [0.25, 0.3) is 11.0 Å². The Morgan fingerprint density at radius 2 is 2.15 bits per heavy atom. The van der Waals surface area contributed by atoms with E-state index in [0.717, 1.165) is 40.9 Å². The molecule has 1 aromatic heterocycles. The minimum atomic E-state index is -0.512. The molecule has 0 aliphatic heterocycles. The fourth-order valence-corrected chi connectivity index (χ4v) is 3.52. The first-order valence-corrected chi connectivity index (χ1v) is 10.4. The van der Waals surface area contributed by atoms with Crippen LogP contribution in [0.1, 0.15) is 63.9 Å². The number of fused-ring (bicyclic) bond motifs is 1. The van der Waals surface area contributed by atoms with Gasteiger partial charge in [-0.05, 0) is 57.2 Å². The molecule has 1 atom stereocenters. The molecule has 3 rings (SSSR count). The van der Waals surface area contributed by atoms with Crippen molar-refractivity contribution in [3.05, 3.63) is 29.6 Å². The number of aromatic nitrogens is 2. The van der Waals surface area contributed by atoms with Crippen LogP contribution < -0.4 is 5.32 Å². The van der Waals surface area contributed by atoms with E-state index in [0.29, 0.717) is 0 Å².